The molecule has 1 aromatic carbocycles. The van der Waals surface area contributed by atoms with Crippen LogP contribution in [0.4, 0.5) is 4.39 Å². The van der Waals surface area contributed by atoms with Gasteiger partial charge in [0.05, 0.1) is 5.75 Å². The Labute approximate surface area is 134 Å². The van der Waals surface area contributed by atoms with Crippen LogP contribution in [-0.4, -0.2) is 25.8 Å². The van der Waals surface area contributed by atoms with Crippen LogP contribution in [-0.2, 0) is 15.8 Å². The molecule has 2 aromatic rings. The number of nitrogens with zero attached hydrogens (tertiary/aromatic N) is 1. The first-order valence-corrected chi connectivity index (χ1v) is 9.84. The smallest absolute Gasteiger partial charge is 0.212 e. The SMILES string of the molecule is O=S(=O)(Cc1cccc(F)c1)N1CCC(c2ccsc2)CC1. The lowest BCUT2D eigenvalue weighted by atomic mass is 9.92. The van der Waals surface area contributed by atoms with Gasteiger partial charge in [0.15, 0.2) is 0 Å². The van der Waals surface area contributed by atoms with Crippen molar-refractivity contribution in [2.45, 2.75) is 24.5 Å². The summed E-state index contributed by atoms with van der Waals surface area (Å²) in [6, 6.07) is 7.92. The summed E-state index contributed by atoms with van der Waals surface area (Å²) in [4.78, 5) is 0. The molecular formula is C16H18FNO2S2. The van der Waals surface area contributed by atoms with Crippen molar-refractivity contribution in [2.24, 2.45) is 0 Å². The zero-order valence-corrected chi connectivity index (χ0v) is 13.7. The summed E-state index contributed by atoms with van der Waals surface area (Å²) in [5.74, 6) is -0.0795. The summed E-state index contributed by atoms with van der Waals surface area (Å²) in [6.07, 6.45) is 1.69. The molecular weight excluding hydrogens is 321 g/mol. The van der Waals surface area contributed by atoms with Crippen molar-refractivity contribution in [1.29, 1.82) is 0 Å². The zero-order valence-electron chi connectivity index (χ0n) is 12.1. The minimum absolute atomic E-state index is 0.131. The van der Waals surface area contributed by atoms with Crippen LogP contribution in [0.25, 0.3) is 0 Å². The molecule has 0 spiro atoms. The largest absolute Gasteiger partial charge is 0.218 e. The highest BCUT2D eigenvalue weighted by Crippen LogP contribution is 2.30. The summed E-state index contributed by atoms with van der Waals surface area (Å²) in [6.45, 7) is 1.08. The second-order valence-electron chi connectivity index (χ2n) is 5.62. The summed E-state index contributed by atoms with van der Waals surface area (Å²) < 4.78 is 39.7. The van der Waals surface area contributed by atoms with Gasteiger partial charge in [0, 0.05) is 13.1 Å². The Kier molecular flexibility index (Phi) is 4.61. The fourth-order valence-corrected chi connectivity index (χ4v) is 5.20. The van der Waals surface area contributed by atoms with Gasteiger partial charge in [0.1, 0.15) is 5.82 Å². The molecule has 1 aliphatic rings. The molecule has 2 heterocycles. The number of hydrogen-bond donors (Lipinski definition) is 0. The van der Waals surface area contributed by atoms with Crippen molar-refractivity contribution in [1.82, 2.24) is 4.31 Å². The Morgan fingerprint density at radius 2 is 2.00 bits per heavy atom. The van der Waals surface area contributed by atoms with Crippen molar-refractivity contribution >= 4 is 21.4 Å². The van der Waals surface area contributed by atoms with Crippen molar-refractivity contribution in [3.05, 3.63) is 58.0 Å². The highest BCUT2D eigenvalue weighted by atomic mass is 32.2. The first-order chi connectivity index (χ1) is 10.5. The van der Waals surface area contributed by atoms with Crippen molar-refractivity contribution < 1.29 is 12.8 Å². The monoisotopic (exact) mass is 339 g/mol. The summed E-state index contributed by atoms with van der Waals surface area (Å²) >= 11 is 1.68. The molecule has 1 saturated heterocycles. The number of halogens is 1. The summed E-state index contributed by atoms with van der Waals surface area (Å²) in [7, 11) is -3.38. The fraction of sp³-hybridized carbons (Fsp3) is 0.375. The zero-order chi connectivity index (χ0) is 15.6. The van der Waals surface area contributed by atoms with Gasteiger partial charge < -0.3 is 0 Å². The van der Waals surface area contributed by atoms with E-state index in [0.29, 0.717) is 24.6 Å². The van der Waals surface area contributed by atoms with Gasteiger partial charge in [-0.2, -0.15) is 11.3 Å². The Hall–Kier alpha value is -1.24. The lowest BCUT2D eigenvalue weighted by molar-refractivity contribution is 0.319. The van der Waals surface area contributed by atoms with Gasteiger partial charge in [0.2, 0.25) is 10.0 Å². The molecule has 0 aliphatic carbocycles. The number of sulfonamides is 1. The van der Waals surface area contributed by atoms with Crippen LogP contribution in [0, 0.1) is 5.82 Å². The molecule has 0 amide bonds. The van der Waals surface area contributed by atoms with E-state index in [1.807, 2.05) is 0 Å². The molecule has 0 atom stereocenters. The van der Waals surface area contributed by atoms with Gasteiger partial charge in [-0.25, -0.2) is 17.1 Å². The van der Waals surface area contributed by atoms with Gasteiger partial charge in [0.25, 0.3) is 0 Å². The van der Waals surface area contributed by atoms with E-state index in [1.165, 1.54) is 17.7 Å². The Morgan fingerprint density at radius 1 is 1.23 bits per heavy atom. The van der Waals surface area contributed by atoms with Crippen LogP contribution >= 0.6 is 11.3 Å². The number of rotatable bonds is 4. The summed E-state index contributed by atoms with van der Waals surface area (Å²) in [5.41, 5.74) is 1.81. The van der Waals surface area contributed by atoms with Gasteiger partial charge in [-0.05, 0) is 58.8 Å². The molecule has 0 radical (unpaired) electrons. The van der Waals surface area contributed by atoms with Gasteiger partial charge in [-0.15, -0.1) is 0 Å². The predicted octanol–water partition coefficient (Wildman–Crippen LogP) is 3.60. The maximum absolute atomic E-state index is 13.2. The molecule has 1 aliphatic heterocycles. The molecule has 0 unspecified atom stereocenters. The molecule has 3 nitrogen and oxygen atoms in total. The minimum Gasteiger partial charge on any atom is -0.212 e. The third kappa shape index (κ3) is 3.56. The van der Waals surface area contributed by atoms with Crippen LogP contribution in [0.2, 0.25) is 0 Å². The second kappa shape index (κ2) is 6.48. The number of piperidine rings is 1. The molecule has 0 saturated carbocycles. The van der Waals surface area contributed by atoms with E-state index in [1.54, 1.807) is 27.8 Å². The van der Waals surface area contributed by atoms with E-state index in [-0.39, 0.29) is 5.75 Å². The Balaban J connectivity index is 1.64. The minimum atomic E-state index is -3.38. The van der Waals surface area contributed by atoms with Gasteiger partial charge >= 0.3 is 0 Å². The maximum atomic E-state index is 13.2. The van der Waals surface area contributed by atoms with E-state index in [4.69, 9.17) is 0 Å². The van der Waals surface area contributed by atoms with Crippen LogP contribution in [0.3, 0.4) is 0 Å². The normalized spacial score (nSPS) is 17.7. The third-order valence-corrected chi connectivity index (χ3v) is 6.65. The molecule has 118 valence electrons. The average molecular weight is 339 g/mol. The molecule has 1 fully saturated rings. The second-order valence-corrected chi connectivity index (χ2v) is 8.37. The molecule has 3 rings (SSSR count). The highest BCUT2D eigenvalue weighted by Gasteiger charge is 2.28. The van der Waals surface area contributed by atoms with E-state index < -0.39 is 15.8 Å². The number of benzene rings is 1. The highest BCUT2D eigenvalue weighted by molar-refractivity contribution is 7.88. The summed E-state index contributed by atoms with van der Waals surface area (Å²) in [5, 5.41) is 4.20. The average Bonchev–Trinajstić information content (AvgIpc) is 3.01. The number of thiophene rings is 1. The van der Waals surface area contributed by atoms with Crippen LogP contribution < -0.4 is 0 Å². The molecule has 1 aromatic heterocycles. The predicted molar refractivity (Wildman–Crippen MR) is 86.9 cm³/mol. The van der Waals surface area contributed by atoms with E-state index >= 15 is 0 Å². The van der Waals surface area contributed by atoms with Crippen molar-refractivity contribution in [3.8, 4) is 0 Å². The lowest BCUT2D eigenvalue weighted by Gasteiger charge is -2.31. The topological polar surface area (TPSA) is 37.4 Å². The third-order valence-electron chi connectivity index (χ3n) is 4.10. The molecule has 22 heavy (non-hydrogen) atoms. The van der Waals surface area contributed by atoms with Gasteiger partial charge in [-0.1, -0.05) is 12.1 Å². The Bertz CT molecular complexity index is 720. The fourth-order valence-electron chi connectivity index (χ4n) is 2.90. The molecule has 0 N–H and O–H groups in total. The first-order valence-electron chi connectivity index (χ1n) is 7.29. The van der Waals surface area contributed by atoms with E-state index in [9.17, 15) is 12.8 Å². The Morgan fingerprint density at radius 3 is 2.64 bits per heavy atom. The van der Waals surface area contributed by atoms with E-state index in [2.05, 4.69) is 16.8 Å². The van der Waals surface area contributed by atoms with Crippen LogP contribution in [0.15, 0.2) is 41.1 Å². The maximum Gasteiger partial charge on any atom is 0.218 e. The van der Waals surface area contributed by atoms with E-state index in [0.717, 1.165) is 12.8 Å². The van der Waals surface area contributed by atoms with Crippen LogP contribution in [0.1, 0.15) is 29.9 Å². The first kappa shape index (κ1) is 15.6. The van der Waals surface area contributed by atoms with Crippen molar-refractivity contribution in [3.63, 3.8) is 0 Å². The number of hydrogen-bond acceptors (Lipinski definition) is 3. The molecule has 6 heteroatoms. The van der Waals surface area contributed by atoms with Crippen LogP contribution in [0.5, 0.6) is 0 Å². The lowest BCUT2D eigenvalue weighted by Crippen LogP contribution is -2.38. The standard InChI is InChI=1S/C16H18FNO2S2/c17-16-3-1-2-13(10-16)12-22(19,20)18-7-4-14(5-8-18)15-6-9-21-11-15/h1-3,6,9-11,14H,4-5,7-8,12H2. The molecule has 0 bridgehead atoms. The van der Waals surface area contributed by atoms with Crippen molar-refractivity contribution in [2.75, 3.05) is 13.1 Å². The van der Waals surface area contributed by atoms with Gasteiger partial charge in [-0.3, -0.25) is 0 Å². The quantitative estimate of drug-likeness (QED) is 0.853.